The van der Waals surface area contributed by atoms with Crippen LogP contribution in [-0.4, -0.2) is 38.0 Å². The van der Waals surface area contributed by atoms with E-state index in [1.54, 1.807) is 30.1 Å². The predicted molar refractivity (Wildman–Crippen MR) is 105 cm³/mol. The second kappa shape index (κ2) is 8.69. The van der Waals surface area contributed by atoms with Gasteiger partial charge in [0, 0.05) is 38.3 Å². The van der Waals surface area contributed by atoms with E-state index in [1.807, 2.05) is 6.07 Å². The first-order chi connectivity index (χ1) is 13.5. The highest BCUT2D eigenvalue weighted by atomic mass is 19.1. The van der Waals surface area contributed by atoms with E-state index in [4.69, 9.17) is 5.73 Å². The Morgan fingerprint density at radius 2 is 1.96 bits per heavy atom. The summed E-state index contributed by atoms with van der Waals surface area (Å²) in [6.07, 6.45) is 0.728. The predicted octanol–water partition coefficient (Wildman–Crippen LogP) is 2.01. The molecule has 0 aliphatic carbocycles. The first-order valence-corrected chi connectivity index (χ1v) is 9.03. The van der Waals surface area contributed by atoms with Crippen LogP contribution in [-0.2, 0) is 6.54 Å². The summed E-state index contributed by atoms with van der Waals surface area (Å²) in [4.78, 5) is 17.2. The van der Waals surface area contributed by atoms with Gasteiger partial charge >= 0.3 is 0 Å². The summed E-state index contributed by atoms with van der Waals surface area (Å²) in [6.45, 7) is 1.47. The number of hydrogen-bond donors (Lipinski definition) is 3. The summed E-state index contributed by atoms with van der Waals surface area (Å²) in [7, 11) is 1.65. The van der Waals surface area contributed by atoms with E-state index in [0.717, 1.165) is 12.0 Å². The zero-order valence-corrected chi connectivity index (χ0v) is 15.6. The van der Waals surface area contributed by atoms with Crippen LogP contribution in [0.2, 0.25) is 0 Å². The Morgan fingerprint density at radius 1 is 1.25 bits per heavy atom. The van der Waals surface area contributed by atoms with Gasteiger partial charge in [0.15, 0.2) is 5.96 Å². The summed E-state index contributed by atoms with van der Waals surface area (Å²) in [5, 5.41) is 6.45. The Morgan fingerprint density at radius 3 is 2.64 bits per heavy atom. The fourth-order valence-corrected chi connectivity index (χ4v) is 3.28. The van der Waals surface area contributed by atoms with Crippen molar-refractivity contribution < 1.29 is 13.6 Å². The Bertz CT molecular complexity index is 866. The van der Waals surface area contributed by atoms with Gasteiger partial charge in [-0.25, -0.2) is 8.78 Å². The van der Waals surface area contributed by atoms with Crippen LogP contribution >= 0.6 is 0 Å². The van der Waals surface area contributed by atoms with Crippen molar-refractivity contribution >= 4 is 17.6 Å². The van der Waals surface area contributed by atoms with E-state index in [2.05, 4.69) is 15.6 Å². The molecule has 1 fully saturated rings. The molecule has 0 aromatic heterocycles. The third-order valence-corrected chi connectivity index (χ3v) is 4.68. The normalized spacial score (nSPS) is 16.9. The zero-order valence-electron chi connectivity index (χ0n) is 15.6. The van der Waals surface area contributed by atoms with Gasteiger partial charge in [0.05, 0.1) is 0 Å². The fraction of sp³-hybridized carbons (Fsp3) is 0.300. The molecule has 3 rings (SSSR count). The van der Waals surface area contributed by atoms with E-state index < -0.39 is 17.5 Å². The lowest BCUT2D eigenvalue weighted by Gasteiger charge is -2.21. The van der Waals surface area contributed by atoms with E-state index in [1.165, 1.54) is 18.2 Å². The highest BCUT2D eigenvalue weighted by molar-refractivity contribution is 5.92. The highest BCUT2D eigenvalue weighted by Gasteiger charge is 2.27. The van der Waals surface area contributed by atoms with E-state index >= 15 is 0 Å². The highest BCUT2D eigenvalue weighted by Crippen LogP contribution is 2.26. The Labute approximate surface area is 162 Å². The standard InChI is InChI=1S/C20H23F2N5O/c1-24-20(25-11-13-4-2-5-14(10-13)19(23)28)26-15-8-9-27(12-15)18-16(21)6-3-7-17(18)22/h2-7,10,15H,8-9,11-12H2,1H3,(H2,23,28)(H2,24,25,26). The number of nitrogens with two attached hydrogens (primary N) is 1. The summed E-state index contributed by atoms with van der Waals surface area (Å²) in [6, 6.07) is 10.9. The van der Waals surface area contributed by atoms with Crippen molar-refractivity contribution in [2.75, 3.05) is 25.0 Å². The Hall–Kier alpha value is -3.16. The minimum Gasteiger partial charge on any atom is -0.366 e. The molecule has 1 amide bonds. The number of primary amides is 1. The number of hydrogen-bond acceptors (Lipinski definition) is 3. The molecule has 1 aliphatic heterocycles. The molecule has 6 nitrogen and oxygen atoms in total. The average molecular weight is 387 g/mol. The van der Waals surface area contributed by atoms with Crippen molar-refractivity contribution in [1.29, 1.82) is 0 Å². The first-order valence-electron chi connectivity index (χ1n) is 9.03. The van der Waals surface area contributed by atoms with Crippen LogP contribution in [0.5, 0.6) is 0 Å². The molecule has 28 heavy (non-hydrogen) atoms. The van der Waals surface area contributed by atoms with Gasteiger partial charge in [0.25, 0.3) is 0 Å². The first kappa shape index (κ1) is 19.6. The Kier molecular flexibility index (Phi) is 6.08. The second-order valence-electron chi connectivity index (χ2n) is 6.64. The number of halogens is 2. The van der Waals surface area contributed by atoms with Crippen LogP contribution in [0, 0.1) is 11.6 Å². The molecule has 1 heterocycles. The number of aliphatic imine (C=N–C) groups is 1. The number of para-hydroxylation sites is 1. The molecule has 0 radical (unpaired) electrons. The largest absolute Gasteiger partial charge is 0.366 e. The van der Waals surface area contributed by atoms with Crippen molar-refractivity contribution in [3.63, 3.8) is 0 Å². The van der Waals surface area contributed by atoms with Crippen molar-refractivity contribution in [3.8, 4) is 0 Å². The molecule has 0 saturated carbocycles. The van der Waals surface area contributed by atoms with Gasteiger partial charge in [-0.2, -0.15) is 0 Å². The third kappa shape index (κ3) is 4.57. The van der Waals surface area contributed by atoms with Gasteiger partial charge in [-0.15, -0.1) is 0 Å². The van der Waals surface area contributed by atoms with Gasteiger partial charge in [-0.1, -0.05) is 18.2 Å². The molecule has 1 atom stereocenters. The van der Waals surface area contributed by atoms with Crippen LogP contribution in [0.1, 0.15) is 22.3 Å². The maximum Gasteiger partial charge on any atom is 0.248 e. The second-order valence-corrected chi connectivity index (χ2v) is 6.64. The molecular formula is C20H23F2N5O. The molecular weight excluding hydrogens is 364 g/mol. The smallest absolute Gasteiger partial charge is 0.248 e. The summed E-state index contributed by atoms with van der Waals surface area (Å²) in [5.74, 6) is -1.02. The fourth-order valence-electron chi connectivity index (χ4n) is 3.28. The maximum atomic E-state index is 14.0. The van der Waals surface area contributed by atoms with Crippen LogP contribution in [0.3, 0.4) is 0 Å². The monoisotopic (exact) mass is 387 g/mol. The number of guanidine groups is 1. The number of rotatable bonds is 5. The molecule has 1 unspecified atom stereocenters. The van der Waals surface area contributed by atoms with E-state index in [9.17, 15) is 13.6 Å². The lowest BCUT2D eigenvalue weighted by Crippen LogP contribution is -2.44. The number of amides is 1. The molecule has 8 heteroatoms. The van der Waals surface area contributed by atoms with Crippen molar-refractivity contribution in [2.45, 2.75) is 19.0 Å². The van der Waals surface area contributed by atoms with Crippen LogP contribution < -0.4 is 21.3 Å². The lowest BCUT2D eigenvalue weighted by molar-refractivity contribution is 0.1000. The lowest BCUT2D eigenvalue weighted by atomic mass is 10.1. The molecule has 4 N–H and O–H groups in total. The molecule has 1 aliphatic rings. The van der Waals surface area contributed by atoms with Gasteiger partial charge < -0.3 is 21.3 Å². The Balaban J connectivity index is 1.57. The van der Waals surface area contributed by atoms with Gasteiger partial charge in [-0.05, 0) is 36.2 Å². The molecule has 2 aromatic carbocycles. The van der Waals surface area contributed by atoms with Crippen molar-refractivity contribution in [2.24, 2.45) is 10.7 Å². The number of benzene rings is 2. The number of nitrogens with zero attached hydrogens (tertiary/aromatic N) is 2. The molecule has 0 spiro atoms. The van der Waals surface area contributed by atoms with Crippen LogP contribution in [0.4, 0.5) is 14.5 Å². The number of carbonyl (C=O) groups excluding carboxylic acids is 1. The van der Waals surface area contributed by atoms with Gasteiger partial charge in [0.1, 0.15) is 17.3 Å². The molecule has 2 aromatic rings. The minimum absolute atomic E-state index is 0.00200. The van der Waals surface area contributed by atoms with Gasteiger partial charge in [0.2, 0.25) is 5.91 Å². The van der Waals surface area contributed by atoms with E-state index in [0.29, 0.717) is 31.2 Å². The average Bonchev–Trinajstić information content (AvgIpc) is 3.13. The maximum absolute atomic E-state index is 14.0. The molecule has 148 valence electrons. The van der Waals surface area contributed by atoms with Crippen molar-refractivity contribution in [1.82, 2.24) is 10.6 Å². The molecule has 0 bridgehead atoms. The SMILES string of the molecule is CN=C(NCc1cccc(C(N)=O)c1)NC1CCN(c2c(F)cccc2F)C1. The van der Waals surface area contributed by atoms with Crippen molar-refractivity contribution in [3.05, 3.63) is 65.2 Å². The van der Waals surface area contributed by atoms with E-state index in [-0.39, 0.29) is 11.7 Å². The van der Waals surface area contributed by atoms with Gasteiger partial charge in [-0.3, -0.25) is 9.79 Å². The number of nitrogens with one attached hydrogen (secondary N) is 2. The summed E-state index contributed by atoms with van der Waals surface area (Å²) < 4.78 is 28.0. The topological polar surface area (TPSA) is 82.7 Å². The van der Waals surface area contributed by atoms with Crippen LogP contribution in [0.25, 0.3) is 0 Å². The summed E-state index contributed by atoms with van der Waals surface area (Å²) >= 11 is 0. The molecule has 1 saturated heterocycles. The third-order valence-electron chi connectivity index (χ3n) is 4.68. The summed E-state index contributed by atoms with van der Waals surface area (Å²) in [5.41, 5.74) is 6.65. The zero-order chi connectivity index (χ0) is 20.1. The number of anilines is 1. The quantitative estimate of drug-likeness (QED) is 0.541. The van der Waals surface area contributed by atoms with Crippen LogP contribution in [0.15, 0.2) is 47.5 Å². The minimum atomic E-state index is -0.558. The number of carbonyl (C=O) groups is 1.